The lowest BCUT2D eigenvalue weighted by atomic mass is 10.1. The molecular formula is C35H50N2O6Si. The Morgan fingerprint density at radius 2 is 1.41 bits per heavy atom. The fraction of sp³-hybridized carbons (Fsp3) is 0.457. The number of alkyl carbamates (subject to hydrolysis) is 1. The van der Waals surface area contributed by atoms with Crippen molar-refractivity contribution >= 4 is 32.4 Å². The van der Waals surface area contributed by atoms with Crippen LogP contribution in [0.2, 0.25) is 16.6 Å². The molecule has 44 heavy (non-hydrogen) atoms. The third kappa shape index (κ3) is 11.0. The van der Waals surface area contributed by atoms with E-state index in [9.17, 15) is 14.4 Å². The lowest BCUT2D eigenvalue weighted by molar-refractivity contribution is -0.134. The molecule has 0 aliphatic rings. The Bertz CT molecular complexity index is 1270. The molecule has 240 valence electrons. The first-order valence-corrected chi connectivity index (χ1v) is 17.3. The van der Waals surface area contributed by atoms with Gasteiger partial charge in [-0.15, -0.1) is 0 Å². The van der Waals surface area contributed by atoms with Crippen LogP contribution in [0, 0.1) is 0 Å². The molecule has 2 aromatic carbocycles. The zero-order valence-electron chi connectivity index (χ0n) is 27.9. The summed E-state index contributed by atoms with van der Waals surface area (Å²) in [6, 6.07) is 16.1. The van der Waals surface area contributed by atoms with E-state index in [-0.39, 0.29) is 6.42 Å². The van der Waals surface area contributed by atoms with Gasteiger partial charge in [0, 0.05) is 18.2 Å². The summed E-state index contributed by atoms with van der Waals surface area (Å²) < 4.78 is 16.9. The molecule has 0 heterocycles. The summed E-state index contributed by atoms with van der Waals surface area (Å²) in [4.78, 5) is 38.1. The highest BCUT2D eigenvalue weighted by Gasteiger charge is 2.47. The van der Waals surface area contributed by atoms with Crippen LogP contribution in [0.4, 0.5) is 4.79 Å². The summed E-state index contributed by atoms with van der Waals surface area (Å²) >= 11 is 0. The van der Waals surface area contributed by atoms with Crippen molar-refractivity contribution in [2.24, 2.45) is 0 Å². The Labute approximate surface area is 264 Å². The van der Waals surface area contributed by atoms with Gasteiger partial charge in [-0.1, -0.05) is 84.0 Å². The highest BCUT2D eigenvalue weighted by Crippen LogP contribution is 2.42. The van der Waals surface area contributed by atoms with Crippen LogP contribution in [0.5, 0.6) is 5.75 Å². The molecule has 0 saturated carbocycles. The third-order valence-electron chi connectivity index (χ3n) is 7.36. The van der Waals surface area contributed by atoms with Crippen molar-refractivity contribution in [2.45, 2.75) is 97.0 Å². The van der Waals surface area contributed by atoms with Crippen LogP contribution in [0.25, 0.3) is 6.08 Å². The molecular weight excluding hydrogens is 572 g/mol. The van der Waals surface area contributed by atoms with E-state index < -0.39 is 37.9 Å². The Morgan fingerprint density at radius 1 is 0.841 bits per heavy atom. The number of methoxy groups -OCH3 is 1. The number of ether oxygens (including phenoxy) is 2. The van der Waals surface area contributed by atoms with Gasteiger partial charge in [-0.2, -0.15) is 0 Å². The minimum Gasteiger partial charge on any atom is -0.543 e. The first-order chi connectivity index (χ1) is 20.6. The van der Waals surface area contributed by atoms with Gasteiger partial charge in [0.2, 0.25) is 5.91 Å². The predicted molar refractivity (Wildman–Crippen MR) is 179 cm³/mol. The van der Waals surface area contributed by atoms with Gasteiger partial charge in [0.1, 0.15) is 17.4 Å². The summed E-state index contributed by atoms with van der Waals surface area (Å²) in [5.41, 5.74) is 2.56. The van der Waals surface area contributed by atoms with Gasteiger partial charge in [-0.3, -0.25) is 4.79 Å². The second kappa shape index (κ2) is 16.3. The number of carbonyl (C=O) groups is 3. The normalized spacial score (nSPS) is 13.2. The monoisotopic (exact) mass is 622 g/mol. The van der Waals surface area contributed by atoms with Crippen LogP contribution in [0.3, 0.4) is 0 Å². The highest BCUT2D eigenvalue weighted by molar-refractivity contribution is 6.78. The number of benzene rings is 2. The van der Waals surface area contributed by atoms with Crippen molar-refractivity contribution < 1.29 is 28.3 Å². The van der Waals surface area contributed by atoms with Crippen molar-refractivity contribution in [3.63, 3.8) is 0 Å². The summed E-state index contributed by atoms with van der Waals surface area (Å²) in [6.45, 7) is 18.7. The van der Waals surface area contributed by atoms with Gasteiger partial charge in [-0.05, 0) is 72.8 Å². The van der Waals surface area contributed by atoms with Crippen molar-refractivity contribution in [3.05, 3.63) is 83.6 Å². The molecule has 9 heteroatoms. The Balaban J connectivity index is 2.39. The lowest BCUT2D eigenvalue weighted by Crippen LogP contribution is -2.50. The molecule has 2 aromatic rings. The van der Waals surface area contributed by atoms with Gasteiger partial charge in [0.25, 0.3) is 8.32 Å². The molecule has 2 amide bonds. The third-order valence-corrected chi connectivity index (χ3v) is 13.4. The average Bonchev–Trinajstić information content (AvgIpc) is 2.93. The van der Waals surface area contributed by atoms with E-state index >= 15 is 0 Å². The maximum atomic E-state index is 13.6. The molecule has 0 spiro atoms. The number of hydrogen-bond donors (Lipinski definition) is 2. The average molecular weight is 623 g/mol. The molecule has 8 nitrogen and oxygen atoms in total. The maximum Gasteiger partial charge on any atom is 0.408 e. The molecule has 2 N–H and O–H groups in total. The molecule has 0 fully saturated rings. The standard InChI is InChI=1S/C35H50N2O6Si/c1-24(2)44(25(3)4,26(5)6)43-30-19-16-28(17-20-30)22-29(18-21-32(38)41-10)36-33(39)31(23-27-14-12-11-13-15-27)37-34(40)42-35(7,8)9/h11-22,24-26,31H,23H2,1-10H3,(H,36,39)(H,37,40)/b21-18+,29-22-/t31-/m1/s1. The maximum absolute atomic E-state index is 13.6. The SMILES string of the molecule is COC(=O)/C=C/C(=C/c1ccc(O[Si](C(C)C)(C(C)C)C(C)C)cc1)NC(=O)[C@@H](Cc1ccccc1)NC(=O)OC(C)(C)C. The van der Waals surface area contributed by atoms with E-state index in [2.05, 4.69) is 52.2 Å². The van der Waals surface area contributed by atoms with E-state index in [1.807, 2.05) is 54.6 Å². The second-order valence-electron chi connectivity index (χ2n) is 12.8. The fourth-order valence-corrected chi connectivity index (χ4v) is 10.7. The number of amides is 2. The molecule has 0 radical (unpaired) electrons. The zero-order chi connectivity index (χ0) is 33.1. The van der Waals surface area contributed by atoms with Crippen molar-refractivity contribution in [1.82, 2.24) is 10.6 Å². The van der Waals surface area contributed by atoms with E-state index in [1.54, 1.807) is 26.8 Å². The fourth-order valence-electron chi connectivity index (χ4n) is 5.46. The summed E-state index contributed by atoms with van der Waals surface area (Å²) in [6.07, 6.45) is 3.97. The van der Waals surface area contributed by atoms with Crippen molar-refractivity contribution in [2.75, 3.05) is 7.11 Å². The minimum atomic E-state index is -2.12. The molecule has 2 rings (SSSR count). The summed E-state index contributed by atoms with van der Waals surface area (Å²) in [7, 11) is -0.842. The Morgan fingerprint density at radius 3 is 1.91 bits per heavy atom. The molecule has 1 atom stereocenters. The van der Waals surface area contributed by atoms with Crippen LogP contribution in [0.15, 0.2) is 72.4 Å². The quantitative estimate of drug-likeness (QED) is 0.103. The van der Waals surface area contributed by atoms with Crippen LogP contribution >= 0.6 is 0 Å². The number of esters is 1. The molecule has 0 aliphatic heterocycles. The van der Waals surface area contributed by atoms with Gasteiger partial charge < -0.3 is 24.5 Å². The zero-order valence-corrected chi connectivity index (χ0v) is 28.9. The van der Waals surface area contributed by atoms with Gasteiger partial charge >= 0.3 is 12.1 Å². The van der Waals surface area contributed by atoms with Crippen molar-refractivity contribution in [3.8, 4) is 5.75 Å². The summed E-state index contributed by atoms with van der Waals surface area (Å²) in [5, 5.41) is 5.56. The van der Waals surface area contributed by atoms with Gasteiger partial charge in [-0.25, -0.2) is 9.59 Å². The Kier molecular flexibility index (Phi) is 13.4. The smallest absolute Gasteiger partial charge is 0.408 e. The summed E-state index contributed by atoms with van der Waals surface area (Å²) in [5.74, 6) is -0.230. The van der Waals surface area contributed by atoms with E-state index in [0.717, 1.165) is 16.9 Å². The Hall–Kier alpha value is -3.85. The van der Waals surface area contributed by atoms with Crippen LogP contribution in [0.1, 0.15) is 73.4 Å². The second-order valence-corrected chi connectivity index (χ2v) is 18.2. The van der Waals surface area contributed by atoms with Gasteiger partial charge in [0.15, 0.2) is 0 Å². The topological polar surface area (TPSA) is 103 Å². The van der Waals surface area contributed by atoms with E-state index in [4.69, 9.17) is 13.9 Å². The van der Waals surface area contributed by atoms with E-state index in [1.165, 1.54) is 19.3 Å². The van der Waals surface area contributed by atoms with Crippen LogP contribution in [-0.4, -0.2) is 45.0 Å². The van der Waals surface area contributed by atoms with Crippen LogP contribution in [-0.2, 0) is 25.5 Å². The molecule has 0 bridgehead atoms. The minimum absolute atomic E-state index is 0.235. The number of carbonyl (C=O) groups excluding carboxylic acids is 3. The number of allylic oxidation sites excluding steroid dienone is 1. The first-order valence-electron chi connectivity index (χ1n) is 15.2. The molecule has 0 aliphatic carbocycles. The largest absolute Gasteiger partial charge is 0.543 e. The highest BCUT2D eigenvalue weighted by atomic mass is 28.4. The molecule has 0 unspecified atom stereocenters. The number of hydrogen-bond acceptors (Lipinski definition) is 6. The number of rotatable bonds is 13. The van der Waals surface area contributed by atoms with Crippen molar-refractivity contribution in [1.29, 1.82) is 0 Å². The van der Waals surface area contributed by atoms with E-state index in [0.29, 0.717) is 22.3 Å². The van der Waals surface area contributed by atoms with Gasteiger partial charge in [0.05, 0.1) is 7.11 Å². The first kappa shape index (κ1) is 36.3. The van der Waals surface area contributed by atoms with Crippen LogP contribution < -0.4 is 15.1 Å². The lowest BCUT2D eigenvalue weighted by Gasteiger charge is -2.42. The molecule has 0 aromatic heterocycles. The number of nitrogens with one attached hydrogen (secondary N) is 2. The predicted octanol–water partition coefficient (Wildman–Crippen LogP) is 7.56. The molecule has 0 saturated heterocycles.